The molecule has 0 aliphatic heterocycles. The van der Waals surface area contributed by atoms with Gasteiger partial charge in [-0.05, 0) is 29.8 Å². The highest BCUT2D eigenvalue weighted by Gasteiger charge is 2.21. The van der Waals surface area contributed by atoms with E-state index in [1.54, 1.807) is 24.5 Å². The molecule has 0 atom stereocenters. The molecule has 1 aromatic heterocycles. The van der Waals surface area contributed by atoms with Crippen LogP contribution < -0.4 is 9.62 Å². The van der Waals surface area contributed by atoms with E-state index in [0.29, 0.717) is 0 Å². The largest absolute Gasteiger partial charge is 0.350 e. The molecule has 128 valence electrons. The zero-order valence-corrected chi connectivity index (χ0v) is 14.3. The molecule has 0 saturated heterocycles. The highest BCUT2D eigenvalue weighted by molar-refractivity contribution is 7.92. The van der Waals surface area contributed by atoms with Gasteiger partial charge in [-0.25, -0.2) is 12.8 Å². The Morgan fingerprint density at radius 3 is 2.71 bits per heavy atom. The van der Waals surface area contributed by atoms with E-state index in [4.69, 9.17) is 11.6 Å². The average Bonchev–Trinajstić information content (AvgIpc) is 2.53. The Morgan fingerprint density at radius 2 is 2.12 bits per heavy atom. The zero-order valence-electron chi connectivity index (χ0n) is 12.7. The maximum Gasteiger partial charge on any atom is 0.241 e. The molecule has 0 aliphatic carbocycles. The summed E-state index contributed by atoms with van der Waals surface area (Å²) < 4.78 is 38.0. The number of carbonyl (C=O) groups excluding carboxylic acids is 1. The van der Waals surface area contributed by atoms with Gasteiger partial charge in [0.05, 0.1) is 17.0 Å². The number of anilines is 1. The van der Waals surface area contributed by atoms with E-state index in [2.05, 4.69) is 10.3 Å². The number of aromatic nitrogens is 1. The third-order valence-electron chi connectivity index (χ3n) is 3.09. The van der Waals surface area contributed by atoms with E-state index in [1.165, 1.54) is 6.07 Å². The van der Waals surface area contributed by atoms with Gasteiger partial charge in [0.15, 0.2) is 0 Å². The van der Waals surface area contributed by atoms with Gasteiger partial charge in [0.25, 0.3) is 0 Å². The Bertz CT molecular complexity index is 831. The van der Waals surface area contributed by atoms with Crippen molar-refractivity contribution < 1.29 is 17.6 Å². The van der Waals surface area contributed by atoms with Gasteiger partial charge in [-0.1, -0.05) is 17.7 Å². The second-order valence-corrected chi connectivity index (χ2v) is 7.32. The van der Waals surface area contributed by atoms with E-state index in [1.807, 2.05) is 0 Å². The predicted molar refractivity (Wildman–Crippen MR) is 89.7 cm³/mol. The Balaban J connectivity index is 2.11. The number of carbonyl (C=O) groups is 1. The van der Waals surface area contributed by atoms with Gasteiger partial charge < -0.3 is 5.32 Å². The van der Waals surface area contributed by atoms with E-state index in [-0.39, 0.29) is 17.3 Å². The molecular weight excluding hydrogens is 357 g/mol. The molecule has 0 spiro atoms. The van der Waals surface area contributed by atoms with Gasteiger partial charge in [0, 0.05) is 18.9 Å². The Kier molecular flexibility index (Phi) is 5.74. The number of nitrogens with zero attached hydrogens (tertiary/aromatic N) is 2. The molecule has 1 aromatic carbocycles. The molecule has 0 radical (unpaired) electrons. The minimum absolute atomic E-state index is 0.112. The number of hydrogen-bond donors (Lipinski definition) is 1. The fourth-order valence-corrected chi connectivity index (χ4v) is 2.95. The van der Waals surface area contributed by atoms with Gasteiger partial charge in [0.2, 0.25) is 15.9 Å². The molecule has 0 saturated carbocycles. The van der Waals surface area contributed by atoms with Gasteiger partial charge in [-0.15, -0.1) is 0 Å². The second kappa shape index (κ2) is 7.59. The lowest BCUT2D eigenvalue weighted by atomic mass is 10.3. The van der Waals surface area contributed by atoms with E-state index < -0.39 is 28.3 Å². The lowest BCUT2D eigenvalue weighted by Gasteiger charge is -2.22. The normalized spacial score (nSPS) is 11.1. The summed E-state index contributed by atoms with van der Waals surface area (Å²) in [5.74, 6) is -1.18. The van der Waals surface area contributed by atoms with Crippen molar-refractivity contribution in [1.82, 2.24) is 10.3 Å². The van der Waals surface area contributed by atoms with Crippen LogP contribution in [0, 0.1) is 5.82 Å². The molecule has 0 aliphatic rings. The molecular formula is C15H15ClFN3O3S. The third-order valence-corrected chi connectivity index (χ3v) is 4.52. The minimum atomic E-state index is -3.75. The molecule has 1 N–H and O–H groups in total. The highest BCUT2D eigenvalue weighted by Crippen LogP contribution is 2.24. The fourth-order valence-electron chi connectivity index (χ4n) is 1.93. The number of halogens is 2. The number of nitrogens with one attached hydrogen (secondary N) is 1. The summed E-state index contributed by atoms with van der Waals surface area (Å²) in [6.07, 6.45) is 4.15. The van der Waals surface area contributed by atoms with Crippen molar-refractivity contribution in [3.05, 3.63) is 59.1 Å². The number of rotatable bonds is 6. The van der Waals surface area contributed by atoms with Crippen LogP contribution in [0.3, 0.4) is 0 Å². The monoisotopic (exact) mass is 371 g/mol. The molecule has 1 amide bonds. The van der Waals surface area contributed by atoms with Crippen molar-refractivity contribution in [1.29, 1.82) is 0 Å². The van der Waals surface area contributed by atoms with Crippen LogP contribution in [-0.4, -0.2) is 32.1 Å². The van der Waals surface area contributed by atoms with Crippen LogP contribution in [0.4, 0.5) is 10.1 Å². The van der Waals surface area contributed by atoms with Crippen LogP contribution in [0.1, 0.15) is 5.56 Å². The zero-order chi connectivity index (χ0) is 17.7. The molecule has 2 aromatic rings. The summed E-state index contributed by atoms with van der Waals surface area (Å²) in [4.78, 5) is 16.0. The molecule has 2 rings (SSSR count). The molecule has 9 heteroatoms. The van der Waals surface area contributed by atoms with Gasteiger partial charge in [-0.3, -0.25) is 14.1 Å². The van der Waals surface area contributed by atoms with Gasteiger partial charge in [0.1, 0.15) is 12.4 Å². The predicted octanol–water partition coefficient (Wildman–Crippen LogP) is 1.96. The van der Waals surface area contributed by atoms with Crippen LogP contribution in [0.15, 0.2) is 42.7 Å². The Hall–Kier alpha value is -2.19. The second-order valence-electron chi connectivity index (χ2n) is 5.01. The van der Waals surface area contributed by atoms with Crippen LogP contribution in [0.2, 0.25) is 5.02 Å². The van der Waals surface area contributed by atoms with Crippen LogP contribution in [-0.2, 0) is 21.4 Å². The van der Waals surface area contributed by atoms with Crippen molar-refractivity contribution in [3.63, 3.8) is 0 Å². The minimum Gasteiger partial charge on any atom is -0.350 e. The summed E-state index contributed by atoms with van der Waals surface area (Å²) in [6.45, 7) is -0.227. The standard InChI is InChI=1S/C15H15ClFN3O3S/c1-24(22,23)20(12-4-5-14(17)13(16)7-12)10-15(21)19-9-11-3-2-6-18-8-11/h2-8H,9-10H2,1H3,(H,19,21). The van der Waals surface area contributed by atoms with Gasteiger partial charge in [-0.2, -0.15) is 0 Å². The first-order chi connectivity index (χ1) is 11.3. The molecule has 1 heterocycles. The van der Waals surface area contributed by atoms with E-state index in [9.17, 15) is 17.6 Å². The van der Waals surface area contributed by atoms with E-state index in [0.717, 1.165) is 28.3 Å². The fraction of sp³-hybridized carbons (Fsp3) is 0.200. The number of pyridine rings is 1. The molecule has 0 fully saturated rings. The molecule has 6 nitrogen and oxygen atoms in total. The topological polar surface area (TPSA) is 79.4 Å². The maximum absolute atomic E-state index is 13.2. The van der Waals surface area contributed by atoms with Crippen molar-refractivity contribution in [2.75, 3.05) is 17.1 Å². The first kappa shape index (κ1) is 18.2. The van der Waals surface area contributed by atoms with Crippen molar-refractivity contribution in [3.8, 4) is 0 Å². The Labute approximate surface area is 144 Å². The van der Waals surface area contributed by atoms with Crippen LogP contribution in [0.5, 0.6) is 0 Å². The molecule has 0 unspecified atom stereocenters. The lowest BCUT2D eigenvalue weighted by Crippen LogP contribution is -2.40. The van der Waals surface area contributed by atoms with Crippen molar-refractivity contribution >= 4 is 33.2 Å². The number of sulfonamides is 1. The highest BCUT2D eigenvalue weighted by atomic mass is 35.5. The van der Waals surface area contributed by atoms with Crippen LogP contribution in [0.25, 0.3) is 0 Å². The third kappa shape index (κ3) is 4.90. The van der Waals surface area contributed by atoms with Crippen LogP contribution >= 0.6 is 11.6 Å². The SMILES string of the molecule is CS(=O)(=O)N(CC(=O)NCc1cccnc1)c1ccc(F)c(Cl)c1. The first-order valence-electron chi connectivity index (χ1n) is 6.86. The lowest BCUT2D eigenvalue weighted by molar-refractivity contribution is -0.119. The summed E-state index contributed by atoms with van der Waals surface area (Å²) in [7, 11) is -3.75. The van der Waals surface area contributed by atoms with Gasteiger partial charge >= 0.3 is 0 Å². The summed E-state index contributed by atoms with van der Waals surface area (Å²) in [5, 5.41) is 2.38. The Morgan fingerprint density at radius 1 is 1.38 bits per heavy atom. The molecule has 24 heavy (non-hydrogen) atoms. The number of benzene rings is 1. The van der Waals surface area contributed by atoms with Crippen molar-refractivity contribution in [2.45, 2.75) is 6.54 Å². The summed E-state index contributed by atoms with van der Waals surface area (Å²) in [5.41, 5.74) is 0.891. The van der Waals surface area contributed by atoms with Crippen molar-refractivity contribution in [2.24, 2.45) is 0 Å². The molecule has 0 bridgehead atoms. The first-order valence-corrected chi connectivity index (χ1v) is 9.08. The summed E-state index contributed by atoms with van der Waals surface area (Å²) in [6, 6.07) is 6.96. The summed E-state index contributed by atoms with van der Waals surface area (Å²) >= 11 is 5.68. The van der Waals surface area contributed by atoms with E-state index >= 15 is 0 Å². The number of amides is 1. The average molecular weight is 372 g/mol. The number of hydrogen-bond acceptors (Lipinski definition) is 4. The quantitative estimate of drug-likeness (QED) is 0.841. The maximum atomic E-state index is 13.2. The smallest absolute Gasteiger partial charge is 0.241 e.